The van der Waals surface area contributed by atoms with Gasteiger partial charge in [0.05, 0.1) is 24.9 Å². The van der Waals surface area contributed by atoms with Crippen molar-refractivity contribution in [3.05, 3.63) is 116 Å². The van der Waals surface area contributed by atoms with Crippen LogP contribution in [0.2, 0.25) is 0 Å². The molecule has 0 unspecified atom stereocenters. The summed E-state index contributed by atoms with van der Waals surface area (Å²) >= 11 is 0. The lowest BCUT2D eigenvalue weighted by atomic mass is 10.1. The molecule has 0 amide bonds. The molecule has 0 aliphatic carbocycles. The third-order valence-electron chi connectivity index (χ3n) is 5.69. The van der Waals surface area contributed by atoms with Crippen molar-refractivity contribution >= 4 is 11.7 Å². The van der Waals surface area contributed by atoms with Crippen LogP contribution in [0.1, 0.15) is 28.4 Å². The monoisotopic (exact) mass is 501 g/mol. The van der Waals surface area contributed by atoms with Gasteiger partial charge in [-0.1, -0.05) is 35.9 Å². The normalized spacial score (nSPS) is 11.4. The molecule has 0 atom stereocenters. The minimum atomic E-state index is -0.656. The first-order chi connectivity index (χ1) is 17.8. The number of aromatic nitrogens is 3. The van der Waals surface area contributed by atoms with E-state index in [0.717, 1.165) is 20.4 Å². The smallest absolute Gasteiger partial charge is 0.353 e. The van der Waals surface area contributed by atoms with Gasteiger partial charge in [-0.15, -0.1) is 0 Å². The number of carbonyl (C=O) groups excluding carboxylic acids is 1. The van der Waals surface area contributed by atoms with Gasteiger partial charge in [-0.05, 0) is 61.9 Å². The molecule has 0 bridgehead atoms. The van der Waals surface area contributed by atoms with E-state index in [1.807, 2.05) is 31.2 Å². The van der Waals surface area contributed by atoms with E-state index in [9.17, 15) is 14.4 Å². The molecule has 3 aromatic carbocycles. The summed E-state index contributed by atoms with van der Waals surface area (Å²) in [7, 11) is 1.31. The first-order valence-corrected chi connectivity index (χ1v) is 11.6. The lowest BCUT2D eigenvalue weighted by Crippen LogP contribution is -2.57. The number of benzene rings is 3. The summed E-state index contributed by atoms with van der Waals surface area (Å²) < 4.78 is 13.9. The average Bonchev–Trinajstić information content (AvgIpc) is 2.91. The fourth-order valence-corrected chi connectivity index (χ4v) is 3.70. The summed E-state index contributed by atoms with van der Waals surface area (Å²) in [4.78, 5) is 42.1. The van der Waals surface area contributed by atoms with E-state index < -0.39 is 17.3 Å². The van der Waals surface area contributed by atoms with Crippen molar-refractivity contribution in [3.8, 4) is 11.5 Å². The summed E-state index contributed by atoms with van der Waals surface area (Å²) in [5.41, 5.74) is 1.64. The zero-order chi connectivity index (χ0) is 26.5. The molecule has 0 aliphatic rings. The number of hydrogen-bond acceptors (Lipinski definition) is 7. The Hall–Kier alpha value is -4.86. The standard InChI is InChI=1S/C27H27N5O5/c1-4-30-26(34)31(17-19-10-8-18(2)9-11-19)25(32(28)27(30)35)29-21-12-14-22(15-13-21)37-23-7-5-6-20(16-23)24(33)36-3/h5-16H,4,17,28H2,1-3H3/b29-25-. The number of nitrogens with two attached hydrogens (primary N) is 1. The predicted octanol–water partition coefficient (Wildman–Crippen LogP) is 2.71. The lowest BCUT2D eigenvalue weighted by Gasteiger charge is -2.13. The van der Waals surface area contributed by atoms with Crippen LogP contribution < -0.4 is 27.6 Å². The summed E-state index contributed by atoms with van der Waals surface area (Å²) in [6.07, 6.45) is 0. The third-order valence-corrected chi connectivity index (χ3v) is 5.69. The van der Waals surface area contributed by atoms with Crippen molar-refractivity contribution in [1.29, 1.82) is 0 Å². The van der Waals surface area contributed by atoms with E-state index in [0.29, 0.717) is 22.7 Å². The lowest BCUT2D eigenvalue weighted by molar-refractivity contribution is 0.0600. The molecule has 0 fully saturated rings. The highest BCUT2D eigenvalue weighted by molar-refractivity contribution is 5.89. The molecule has 37 heavy (non-hydrogen) atoms. The molecule has 0 saturated carbocycles. The molecule has 190 valence electrons. The second-order valence-electron chi connectivity index (χ2n) is 8.28. The largest absolute Gasteiger partial charge is 0.465 e. The molecular weight excluding hydrogens is 474 g/mol. The van der Waals surface area contributed by atoms with E-state index in [-0.39, 0.29) is 18.7 Å². The van der Waals surface area contributed by atoms with Gasteiger partial charge in [0.25, 0.3) is 0 Å². The number of carbonyl (C=O) groups is 1. The number of ether oxygens (including phenoxy) is 2. The summed E-state index contributed by atoms with van der Waals surface area (Å²) in [5.74, 6) is 6.60. The number of esters is 1. The highest BCUT2D eigenvalue weighted by atomic mass is 16.5. The van der Waals surface area contributed by atoms with Gasteiger partial charge in [-0.25, -0.2) is 23.9 Å². The number of methoxy groups -OCH3 is 1. The Morgan fingerprint density at radius 2 is 1.62 bits per heavy atom. The molecule has 4 rings (SSSR count). The van der Waals surface area contributed by atoms with E-state index in [1.165, 1.54) is 11.7 Å². The van der Waals surface area contributed by atoms with Crippen LogP contribution in [0.3, 0.4) is 0 Å². The maximum absolute atomic E-state index is 13.2. The Kier molecular flexibility index (Phi) is 7.38. The first kappa shape index (κ1) is 25.2. The van der Waals surface area contributed by atoms with Gasteiger partial charge < -0.3 is 15.3 Å². The zero-order valence-corrected chi connectivity index (χ0v) is 20.7. The Morgan fingerprint density at radius 1 is 0.919 bits per heavy atom. The fourth-order valence-electron chi connectivity index (χ4n) is 3.70. The van der Waals surface area contributed by atoms with Crippen LogP contribution in [0.5, 0.6) is 11.5 Å². The zero-order valence-electron chi connectivity index (χ0n) is 20.7. The van der Waals surface area contributed by atoms with E-state index in [2.05, 4.69) is 4.99 Å². The van der Waals surface area contributed by atoms with E-state index in [1.54, 1.807) is 55.5 Å². The van der Waals surface area contributed by atoms with Gasteiger partial charge in [0.15, 0.2) is 0 Å². The molecule has 4 aromatic rings. The number of nitrogen functional groups attached to an aromatic ring is 1. The minimum Gasteiger partial charge on any atom is -0.465 e. The van der Waals surface area contributed by atoms with Gasteiger partial charge in [0.1, 0.15) is 11.5 Å². The van der Waals surface area contributed by atoms with Gasteiger partial charge in [-0.3, -0.25) is 4.57 Å². The Bertz CT molecular complexity index is 1610. The van der Waals surface area contributed by atoms with Gasteiger partial charge >= 0.3 is 17.3 Å². The van der Waals surface area contributed by atoms with Crippen LogP contribution in [0.15, 0.2) is 87.4 Å². The van der Waals surface area contributed by atoms with Crippen molar-refractivity contribution in [3.63, 3.8) is 0 Å². The van der Waals surface area contributed by atoms with E-state index >= 15 is 0 Å². The van der Waals surface area contributed by atoms with Crippen molar-refractivity contribution < 1.29 is 14.3 Å². The molecule has 2 N–H and O–H groups in total. The molecule has 10 nitrogen and oxygen atoms in total. The number of aryl methyl sites for hydroxylation is 1. The van der Waals surface area contributed by atoms with Crippen molar-refractivity contribution in [2.45, 2.75) is 26.9 Å². The molecule has 10 heteroatoms. The minimum absolute atomic E-state index is 0.0136. The second-order valence-corrected chi connectivity index (χ2v) is 8.28. The topological polar surface area (TPSA) is 123 Å². The highest BCUT2D eigenvalue weighted by Crippen LogP contribution is 2.24. The maximum Gasteiger partial charge on any atom is 0.353 e. The predicted molar refractivity (Wildman–Crippen MR) is 139 cm³/mol. The molecule has 0 radical (unpaired) electrons. The molecular formula is C27H27N5O5. The average molecular weight is 502 g/mol. The maximum atomic E-state index is 13.2. The summed E-state index contributed by atoms with van der Waals surface area (Å²) in [5, 5.41) is 0. The van der Waals surface area contributed by atoms with Gasteiger partial charge in [0.2, 0.25) is 5.62 Å². The highest BCUT2D eigenvalue weighted by Gasteiger charge is 2.13. The summed E-state index contributed by atoms with van der Waals surface area (Å²) in [6.45, 7) is 4.04. The number of rotatable bonds is 7. The SMILES string of the molecule is CCn1c(=O)n(N)/c(=N\c2ccc(Oc3cccc(C(=O)OC)c3)cc2)n(Cc2ccc(C)cc2)c1=O. The molecule has 0 saturated heterocycles. The van der Waals surface area contributed by atoms with Crippen LogP contribution in [0.4, 0.5) is 5.69 Å². The Labute approximate surface area is 212 Å². The van der Waals surface area contributed by atoms with Crippen LogP contribution in [-0.4, -0.2) is 26.9 Å². The van der Waals surface area contributed by atoms with Crippen LogP contribution in [-0.2, 0) is 17.8 Å². The fraction of sp³-hybridized carbons (Fsp3) is 0.185. The van der Waals surface area contributed by atoms with Gasteiger partial charge in [-0.2, -0.15) is 4.68 Å². The molecule has 0 spiro atoms. The molecule has 0 aliphatic heterocycles. The molecule has 1 aromatic heterocycles. The van der Waals surface area contributed by atoms with Crippen LogP contribution >= 0.6 is 0 Å². The second kappa shape index (κ2) is 10.8. The van der Waals surface area contributed by atoms with Crippen molar-refractivity contribution in [2.75, 3.05) is 13.0 Å². The van der Waals surface area contributed by atoms with Crippen molar-refractivity contribution in [1.82, 2.24) is 13.8 Å². The van der Waals surface area contributed by atoms with Crippen LogP contribution in [0.25, 0.3) is 0 Å². The Balaban J connectivity index is 1.71. The van der Waals surface area contributed by atoms with Crippen LogP contribution in [0, 0.1) is 6.92 Å². The first-order valence-electron chi connectivity index (χ1n) is 11.6. The molecule has 1 heterocycles. The number of nitrogens with zero attached hydrogens (tertiary/aromatic N) is 4. The van der Waals surface area contributed by atoms with E-state index in [4.69, 9.17) is 15.3 Å². The quantitative estimate of drug-likeness (QED) is 0.307. The third kappa shape index (κ3) is 5.53. The summed E-state index contributed by atoms with van der Waals surface area (Å²) in [6, 6.07) is 21.0. The van der Waals surface area contributed by atoms with Gasteiger partial charge in [0, 0.05) is 6.54 Å². The Morgan fingerprint density at radius 3 is 2.27 bits per heavy atom. The number of hydrogen-bond donors (Lipinski definition) is 1. The van der Waals surface area contributed by atoms with Crippen molar-refractivity contribution in [2.24, 2.45) is 4.99 Å².